The number of hydrogen-bond acceptors (Lipinski definition) is 5. The largest absolute Gasteiger partial charge is 0.366 e. The van der Waals surface area contributed by atoms with E-state index in [4.69, 9.17) is 11.6 Å². The number of aryl methyl sites for hydroxylation is 2. The number of hydrogen-bond donors (Lipinski definition) is 2. The summed E-state index contributed by atoms with van der Waals surface area (Å²) in [5.74, 6) is 6.40. The lowest BCUT2D eigenvalue weighted by Gasteiger charge is -2.03. The number of nitrogen functional groups attached to an aromatic ring is 2. The predicted molar refractivity (Wildman–Crippen MR) is 56.2 cm³/mol. The first kappa shape index (κ1) is 9.50. The van der Waals surface area contributed by atoms with E-state index in [2.05, 4.69) is 15.3 Å². The molecule has 7 nitrogen and oxygen atoms in total. The fraction of sp³-hybridized carbons (Fsp3) is 0.375. The standard InChI is InChI=1S/C8H13N7/c1-3-14-6(4-5(2)13-14)7-11-12-8(9)15(7)10/h4H,3,10H2,1-2H3,(H2,9,12). The van der Waals surface area contributed by atoms with Crippen molar-refractivity contribution in [3.63, 3.8) is 0 Å². The molecular formula is C8H13N7. The van der Waals surface area contributed by atoms with Gasteiger partial charge in [-0.25, -0.2) is 4.68 Å². The lowest BCUT2D eigenvalue weighted by Crippen LogP contribution is -2.14. The van der Waals surface area contributed by atoms with E-state index >= 15 is 0 Å². The number of anilines is 1. The highest BCUT2D eigenvalue weighted by Gasteiger charge is 2.14. The molecule has 0 saturated carbocycles. The van der Waals surface area contributed by atoms with Gasteiger partial charge in [-0.05, 0) is 19.9 Å². The Bertz CT molecular complexity index is 481. The summed E-state index contributed by atoms with van der Waals surface area (Å²) in [6.45, 7) is 4.66. The second-order valence-corrected chi connectivity index (χ2v) is 3.24. The van der Waals surface area contributed by atoms with Crippen LogP contribution in [0.5, 0.6) is 0 Å². The third kappa shape index (κ3) is 1.41. The lowest BCUT2D eigenvalue weighted by atomic mass is 10.3. The predicted octanol–water partition coefficient (Wildman–Crippen LogP) is -0.234. The maximum absolute atomic E-state index is 5.69. The molecule has 15 heavy (non-hydrogen) atoms. The van der Waals surface area contributed by atoms with Crippen molar-refractivity contribution in [1.82, 2.24) is 24.7 Å². The van der Waals surface area contributed by atoms with Crippen LogP contribution in [-0.4, -0.2) is 24.7 Å². The highest BCUT2D eigenvalue weighted by Crippen LogP contribution is 2.18. The molecule has 0 radical (unpaired) electrons. The molecule has 0 spiro atoms. The highest BCUT2D eigenvalue weighted by molar-refractivity contribution is 5.53. The van der Waals surface area contributed by atoms with Crippen molar-refractivity contribution in [2.75, 3.05) is 11.6 Å². The summed E-state index contributed by atoms with van der Waals surface area (Å²) < 4.78 is 3.06. The van der Waals surface area contributed by atoms with Crippen LogP contribution in [0, 0.1) is 6.92 Å². The van der Waals surface area contributed by atoms with E-state index in [9.17, 15) is 0 Å². The van der Waals surface area contributed by atoms with Crippen molar-refractivity contribution in [2.24, 2.45) is 0 Å². The number of aromatic nitrogens is 5. The molecule has 0 aliphatic carbocycles. The van der Waals surface area contributed by atoms with Crippen LogP contribution < -0.4 is 11.6 Å². The third-order valence-corrected chi connectivity index (χ3v) is 2.15. The summed E-state index contributed by atoms with van der Waals surface area (Å²) in [5, 5.41) is 11.9. The van der Waals surface area contributed by atoms with Crippen LogP contribution in [0.15, 0.2) is 6.07 Å². The van der Waals surface area contributed by atoms with Crippen molar-refractivity contribution >= 4 is 5.95 Å². The van der Waals surface area contributed by atoms with Crippen LogP contribution in [0.1, 0.15) is 12.6 Å². The second-order valence-electron chi connectivity index (χ2n) is 3.24. The van der Waals surface area contributed by atoms with Crippen molar-refractivity contribution < 1.29 is 0 Å². The SMILES string of the molecule is CCn1nc(C)cc1-c1nnc(N)n1N. The van der Waals surface area contributed by atoms with Crippen LogP contribution in [0.3, 0.4) is 0 Å². The Balaban J connectivity index is 2.57. The maximum atomic E-state index is 5.69. The smallest absolute Gasteiger partial charge is 0.241 e. The van der Waals surface area contributed by atoms with E-state index in [1.807, 2.05) is 24.6 Å². The minimum atomic E-state index is 0.187. The summed E-state index contributed by atoms with van der Waals surface area (Å²) in [6.07, 6.45) is 0. The lowest BCUT2D eigenvalue weighted by molar-refractivity contribution is 0.655. The molecule has 0 aromatic carbocycles. The Morgan fingerprint density at radius 2 is 2.13 bits per heavy atom. The van der Waals surface area contributed by atoms with E-state index in [0.29, 0.717) is 5.82 Å². The summed E-state index contributed by atoms with van der Waals surface area (Å²) in [7, 11) is 0. The van der Waals surface area contributed by atoms with Crippen LogP contribution in [0.2, 0.25) is 0 Å². The van der Waals surface area contributed by atoms with Gasteiger partial charge in [0.25, 0.3) is 0 Å². The zero-order valence-corrected chi connectivity index (χ0v) is 8.68. The first-order valence-corrected chi connectivity index (χ1v) is 4.64. The Morgan fingerprint density at radius 3 is 2.67 bits per heavy atom. The first-order valence-electron chi connectivity index (χ1n) is 4.64. The molecule has 0 saturated heterocycles. The van der Waals surface area contributed by atoms with Gasteiger partial charge in [-0.15, -0.1) is 10.2 Å². The molecule has 7 heteroatoms. The fourth-order valence-corrected chi connectivity index (χ4v) is 1.44. The molecule has 2 aromatic heterocycles. The minimum Gasteiger partial charge on any atom is -0.366 e. The van der Waals surface area contributed by atoms with Crippen molar-refractivity contribution in [2.45, 2.75) is 20.4 Å². The molecule has 2 rings (SSSR count). The van der Waals surface area contributed by atoms with Gasteiger partial charge in [-0.1, -0.05) is 0 Å². The molecule has 80 valence electrons. The van der Waals surface area contributed by atoms with Gasteiger partial charge in [0, 0.05) is 6.54 Å². The van der Waals surface area contributed by atoms with Crippen LogP contribution >= 0.6 is 0 Å². The van der Waals surface area contributed by atoms with Gasteiger partial charge in [0.05, 0.1) is 5.69 Å². The van der Waals surface area contributed by atoms with E-state index in [1.165, 1.54) is 4.68 Å². The Morgan fingerprint density at radius 1 is 1.40 bits per heavy atom. The highest BCUT2D eigenvalue weighted by atomic mass is 15.5. The molecule has 4 N–H and O–H groups in total. The van der Waals surface area contributed by atoms with Gasteiger partial charge in [0.2, 0.25) is 11.8 Å². The second kappa shape index (κ2) is 3.26. The van der Waals surface area contributed by atoms with E-state index in [0.717, 1.165) is 17.9 Å². The van der Waals surface area contributed by atoms with Gasteiger partial charge in [0.1, 0.15) is 5.69 Å². The van der Waals surface area contributed by atoms with E-state index in [-0.39, 0.29) is 5.95 Å². The summed E-state index contributed by atoms with van der Waals surface area (Å²) in [6, 6.07) is 1.90. The molecule has 0 fully saturated rings. The molecule has 0 bridgehead atoms. The molecule has 0 amide bonds. The van der Waals surface area contributed by atoms with Crippen molar-refractivity contribution in [3.8, 4) is 11.5 Å². The van der Waals surface area contributed by atoms with Crippen LogP contribution in [-0.2, 0) is 6.54 Å². The molecular weight excluding hydrogens is 194 g/mol. The van der Waals surface area contributed by atoms with Crippen molar-refractivity contribution in [1.29, 1.82) is 0 Å². The van der Waals surface area contributed by atoms with Gasteiger partial charge in [0.15, 0.2) is 0 Å². The molecule has 0 aliphatic heterocycles. The van der Waals surface area contributed by atoms with Crippen LogP contribution in [0.25, 0.3) is 11.5 Å². The number of rotatable bonds is 2. The molecule has 0 aliphatic rings. The molecule has 0 unspecified atom stereocenters. The first-order chi connectivity index (χ1) is 7.13. The number of nitrogens with zero attached hydrogens (tertiary/aromatic N) is 5. The van der Waals surface area contributed by atoms with Gasteiger partial charge in [-0.3, -0.25) is 4.68 Å². The average molecular weight is 207 g/mol. The Hall–Kier alpha value is -2.05. The Labute approximate surface area is 86.7 Å². The monoisotopic (exact) mass is 207 g/mol. The molecule has 0 atom stereocenters. The minimum absolute atomic E-state index is 0.187. The quantitative estimate of drug-likeness (QED) is 0.662. The van der Waals surface area contributed by atoms with Gasteiger partial charge < -0.3 is 11.6 Å². The average Bonchev–Trinajstić information content (AvgIpc) is 2.72. The maximum Gasteiger partial charge on any atom is 0.241 e. The Kier molecular flexibility index (Phi) is 2.07. The van der Waals surface area contributed by atoms with Crippen molar-refractivity contribution in [3.05, 3.63) is 11.8 Å². The van der Waals surface area contributed by atoms with E-state index < -0.39 is 0 Å². The van der Waals surface area contributed by atoms with Gasteiger partial charge >= 0.3 is 0 Å². The summed E-state index contributed by atoms with van der Waals surface area (Å²) in [5.41, 5.74) is 7.24. The normalized spacial score (nSPS) is 10.8. The van der Waals surface area contributed by atoms with Crippen LogP contribution in [0.4, 0.5) is 5.95 Å². The molecule has 2 aromatic rings. The summed E-state index contributed by atoms with van der Waals surface area (Å²) >= 11 is 0. The fourth-order valence-electron chi connectivity index (χ4n) is 1.44. The topological polar surface area (TPSA) is 101 Å². The van der Waals surface area contributed by atoms with E-state index in [1.54, 1.807) is 0 Å². The summed E-state index contributed by atoms with van der Waals surface area (Å²) in [4.78, 5) is 0. The van der Waals surface area contributed by atoms with Gasteiger partial charge in [-0.2, -0.15) is 5.10 Å². The molecule has 2 heterocycles. The zero-order chi connectivity index (χ0) is 11.0. The number of nitrogens with two attached hydrogens (primary N) is 2. The zero-order valence-electron chi connectivity index (χ0n) is 8.68. The third-order valence-electron chi connectivity index (χ3n) is 2.15.